The molecular formula is C22H15N3O3S. The van der Waals surface area contributed by atoms with Gasteiger partial charge in [0, 0.05) is 12.1 Å². The van der Waals surface area contributed by atoms with E-state index in [9.17, 15) is 14.9 Å². The van der Waals surface area contributed by atoms with Crippen molar-refractivity contribution in [3.05, 3.63) is 81.1 Å². The van der Waals surface area contributed by atoms with Crippen LogP contribution in [0.2, 0.25) is 0 Å². The highest BCUT2D eigenvalue weighted by molar-refractivity contribution is 7.16. The zero-order valence-electron chi connectivity index (χ0n) is 15.2. The quantitative estimate of drug-likeness (QED) is 0.294. The normalized spacial score (nSPS) is 11.6. The van der Waals surface area contributed by atoms with Crippen LogP contribution in [0.15, 0.2) is 65.7 Å². The molecule has 1 amide bonds. The number of fused-ring (bicyclic) bond motifs is 2. The molecule has 0 N–H and O–H groups in total. The zero-order chi connectivity index (χ0) is 20.4. The number of nitrogens with zero attached hydrogens (tertiary/aromatic N) is 3. The van der Waals surface area contributed by atoms with Crippen LogP contribution in [0, 0.1) is 22.5 Å². The number of nitro benzene ring substituents is 1. The monoisotopic (exact) mass is 401 g/mol. The molecule has 1 heterocycles. The molecule has 0 bridgehead atoms. The Bertz CT molecular complexity index is 1380. The van der Waals surface area contributed by atoms with Crippen LogP contribution in [0.1, 0.15) is 5.56 Å². The van der Waals surface area contributed by atoms with Crippen molar-refractivity contribution in [1.82, 2.24) is 4.57 Å². The van der Waals surface area contributed by atoms with Gasteiger partial charge in [0.1, 0.15) is 0 Å². The Kier molecular flexibility index (Phi) is 4.94. The number of nitro groups is 1. The Morgan fingerprint density at radius 3 is 2.69 bits per heavy atom. The van der Waals surface area contributed by atoms with Crippen molar-refractivity contribution < 1.29 is 9.72 Å². The minimum Gasteiger partial charge on any atom is -0.304 e. The fraction of sp³-hybridized carbons (Fsp3) is 0.0909. The molecular weight excluding hydrogens is 386 g/mol. The summed E-state index contributed by atoms with van der Waals surface area (Å²) >= 11 is 1.28. The summed E-state index contributed by atoms with van der Waals surface area (Å²) in [5.41, 5.74) is 1.44. The Morgan fingerprint density at radius 2 is 1.93 bits per heavy atom. The predicted molar refractivity (Wildman–Crippen MR) is 114 cm³/mol. The van der Waals surface area contributed by atoms with E-state index in [-0.39, 0.29) is 24.6 Å². The number of hydrogen-bond donors (Lipinski definition) is 0. The molecule has 7 heteroatoms. The summed E-state index contributed by atoms with van der Waals surface area (Å²) in [5, 5.41) is 13.3. The predicted octanol–water partition coefficient (Wildman–Crippen LogP) is 4.07. The molecule has 0 spiro atoms. The second-order valence-corrected chi connectivity index (χ2v) is 7.46. The van der Waals surface area contributed by atoms with Gasteiger partial charge in [-0.2, -0.15) is 4.99 Å². The molecule has 0 saturated carbocycles. The van der Waals surface area contributed by atoms with E-state index in [1.165, 1.54) is 23.5 Å². The SMILES string of the molecule is C#CCn1c(=NC(=O)Cc2ccc3ccccc3c2)sc2ccc([N+](=O)[O-])cc21. The standard InChI is InChI=1S/C22H15N3O3S/c1-2-11-24-19-14-18(25(27)28)9-10-20(19)29-22(24)23-21(26)13-15-7-8-16-5-3-4-6-17(16)12-15/h1,3-10,12,14H,11,13H2. The second-order valence-electron chi connectivity index (χ2n) is 6.45. The summed E-state index contributed by atoms with van der Waals surface area (Å²) in [6, 6.07) is 18.4. The number of terminal acetylenes is 1. The number of rotatable bonds is 4. The maximum Gasteiger partial charge on any atom is 0.271 e. The summed E-state index contributed by atoms with van der Waals surface area (Å²) < 4.78 is 2.44. The van der Waals surface area contributed by atoms with Crippen molar-refractivity contribution in [2.75, 3.05) is 0 Å². The average Bonchev–Trinajstić information content (AvgIpc) is 3.04. The van der Waals surface area contributed by atoms with Gasteiger partial charge in [0.05, 0.1) is 28.1 Å². The zero-order valence-corrected chi connectivity index (χ0v) is 16.1. The maximum atomic E-state index is 12.6. The first-order valence-corrected chi connectivity index (χ1v) is 9.63. The first kappa shape index (κ1) is 18.6. The molecule has 3 aromatic carbocycles. The average molecular weight is 401 g/mol. The van der Waals surface area contributed by atoms with Crippen molar-refractivity contribution in [3.8, 4) is 12.3 Å². The molecule has 0 saturated heterocycles. The lowest BCUT2D eigenvalue weighted by molar-refractivity contribution is -0.384. The van der Waals surface area contributed by atoms with E-state index >= 15 is 0 Å². The Balaban J connectivity index is 1.72. The van der Waals surface area contributed by atoms with Crippen molar-refractivity contribution >= 4 is 43.9 Å². The Hall–Kier alpha value is -3.76. The Morgan fingerprint density at radius 1 is 1.14 bits per heavy atom. The Labute approximate surface area is 169 Å². The third kappa shape index (κ3) is 3.79. The lowest BCUT2D eigenvalue weighted by atomic mass is 10.1. The number of thiazole rings is 1. The van der Waals surface area contributed by atoms with Crippen LogP contribution >= 0.6 is 11.3 Å². The van der Waals surface area contributed by atoms with E-state index < -0.39 is 4.92 Å². The molecule has 29 heavy (non-hydrogen) atoms. The van der Waals surface area contributed by atoms with E-state index in [4.69, 9.17) is 6.42 Å². The maximum absolute atomic E-state index is 12.6. The minimum absolute atomic E-state index is 0.0323. The molecule has 142 valence electrons. The van der Waals surface area contributed by atoms with Crippen molar-refractivity contribution in [3.63, 3.8) is 0 Å². The largest absolute Gasteiger partial charge is 0.304 e. The number of hydrogen-bond acceptors (Lipinski definition) is 4. The van der Waals surface area contributed by atoms with Crippen molar-refractivity contribution in [1.29, 1.82) is 0 Å². The third-order valence-corrected chi connectivity index (χ3v) is 5.57. The van der Waals surface area contributed by atoms with Crippen LogP contribution in [0.5, 0.6) is 0 Å². The van der Waals surface area contributed by atoms with Gasteiger partial charge in [0.15, 0.2) is 4.80 Å². The highest BCUT2D eigenvalue weighted by atomic mass is 32.1. The van der Waals surface area contributed by atoms with E-state index in [0.717, 1.165) is 21.0 Å². The fourth-order valence-corrected chi connectivity index (χ4v) is 4.20. The molecule has 1 aromatic heterocycles. The molecule has 0 radical (unpaired) electrons. The van der Waals surface area contributed by atoms with Gasteiger partial charge < -0.3 is 4.57 Å². The number of benzene rings is 3. The van der Waals surface area contributed by atoms with Gasteiger partial charge in [-0.05, 0) is 22.4 Å². The molecule has 6 nitrogen and oxygen atoms in total. The molecule has 0 unspecified atom stereocenters. The van der Waals surface area contributed by atoms with Gasteiger partial charge in [0.2, 0.25) is 0 Å². The van der Waals surface area contributed by atoms with Crippen molar-refractivity contribution in [2.24, 2.45) is 4.99 Å². The van der Waals surface area contributed by atoms with Crippen LogP contribution < -0.4 is 4.80 Å². The van der Waals surface area contributed by atoms with Gasteiger partial charge >= 0.3 is 0 Å². The van der Waals surface area contributed by atoms with E-state index in [2.05, 4.69) is 10.9 Å². The highest BCUT2D eigenvalue weighted by Crippen LogP contribution is 2.23. The third-order valence-electron chi connectivity index (χ3n) is 4.52. The fourth-order valence-electron chi connectivity index (χ4n) is 3.17. The van der Waals surface area contributed by atoms with Crippen molar-refractivity contribution in [2.45, 2.75) is 13.0 Å². The molecule has 0 aliphatic heterocycles. The summed E-state index contributed by atoms with van der Waals surface area (Å²) in [5.74, 6) is 2.22. The number of carbonyl (C=O) groups excluding carboxylic acids is 1. The van der Waals surface area contributed by atoms with E-state index in [1.54, 1.807) is 10.6 Å². The lowest BCUT2D eigenvalue weighted by Gasteiger charge is -2.02. The van der Waals surface area contributed by atoms with Crippen LogP contribution in [0.3, 0.4) is 0 Å². The lowest BCUT2D eigenvalue weighted by Crippen LogP contribution is -2.17. The van der Waals surface area contributed by atoms with E-state index in [1.807, 2.05) is 42.5 Å². The first-order valence-electron chi connectivity index (χ1n) is 8.81. The van der Waals surface area contributed by atoms with Crippen LogP contribution in [0.25, 0.3) is 21.0 Å². The van der Waals surface area contributed by atoms with E-state index in [0.29, 0.717) is 10.3 Å². The minimum atomic E-state index is -0.459. The van der Waals surface area contributed by atoms with Gasteiger partial charge in [-0.25, -0.2) is 0 Å². The summed E-state index contributed by atoms with van der Waals surface area (Å²) in [7, 11) is 0. The topological polar surface area (TPSA) is 77.5 Å². The molecule has 0 fully saturated rings. The molecule has 4 aromatic rings. The molecule has 0 aliphatic rings. The number of amides is 1. The van der Waals surface area contributed by atoms with Gasteiger partial charge in [-0.15, -0.1) is 6.42 Å². The van der Waals surface area contributed by atoms with Crippen LogP contribution in [-0.4, -0.2) is 15.4 Å². The number of non-ortho nitro benzene ring substituents is 1. The van der Waals surface area contributed by atoms with Gasteiger partial charge in [-0.3, -0.25) is 14.9 Å². The summed E-state index contributed by atoms with van der Waals surface area (Å²) in [6.45, 7) is 0.170. The molecule has 0 atom stereocenters. The summed E-state index contributed by atoms with van der Waals surface area (Å²) in [6.07, 6.45) is 5.62. The molecule has 4 rings (SSSR count). The van der Waals surface area contributed by atoms with Gasteiger partial charge in [0.25, 0.3) is 11.6 Å². The van der Waals surface area contributed by atoms with Crippen LogP contribution in [-0.2, 0) is 17.8 Å². The highest BCUT2D eigenvalue weighted by Gasteiger charge is 2.13. The first-order chi connectivity index (χ1) is 14.0. The van der Waals surface area contributed by atoms with Gasteiger partial charge in [-0.1, -0.05) is 59.7 Å². The van der Waals surface area contributed by atoms with Crippen LogP contribution in [0.4, 0.5) is 5.69 Å². The number of aromatic nitrogens is 1. The molecule has 0 aliphatic carbocycles. The number of carbonyl (C=O) groups is 1. The summed E-state index contributed by atoms with van der Waals surface area (Å²) in [4.78, 5) is 27.9. The smallest absolute Gasteiger partial charge is 0.271 e. The second kappa shape index (κ2) is 7.70.